The van der Waals surface area contributed by atoms with Crippen LogP contribution in [0.2, 0.25) is 0 Å². The van der Waals surface area contributed by atoms with Gasteiger partial charge in [0.05, 0.1) is 0 Å². The number of aromatic nitrogens is 19. The summed E-state index contributed by atoms with van der Waals surface area (Å²) in [7, 11) is 0. The molecule has 5 aromatic carbocycles. The molecule has 0 aliphatic rings. The lowest BCUT2D eigenvalue weighted by atomic mass is 10.2. The molecule has 119 heavy (non-hydrogen) atoms. The van der Waals surface area contributed by atoms with Crippen LogP contribution in [0.4, 0.5) is 0 Å². The lowest BCUT2D eigenvalue weighted by molar-refractivity contribution is 0.974. The first-order valence-electron chi connectivity index (χ1n) is 38.2. The molecular formula is C100H117N19. The Kier molecular flexibility index (Phi) is 63.3. The molecule has 0 aliphatic heterocycles. The third kappa shape index (κ3) is 72.1. The first-order chi connectivity index (χ1) is 57.7. The van der Waals surface area contributed by atoms with Crippen molar-refractivity contribution in [1.82, 2.24) is 94.7 Å². The van der Waals surface area contributed by atoms with Crippen LogP contribution in [0.1, 0.15) is 95.8 Å². The number of benzene rings is 5. The Morgan fingerprint density at radius 3 is 0.504 bits per heavy atom. The minimum Gasteiger partial charge on any atom is -0.265 e. The summed E-state index contributed by atoms with van der Waals surface area (Å²) in [6, 6.07) is 84.3. The van der Waals surface area contributed by atoms with E-state index in [2.05, 4.69) is 190 Å². The van der Waals surface area contributed by atoms with Gasteiger partial charge in [-0.2, -0.15) is 0 Å². The molecule has 0 N–H and O–H groups in total. The average Bonchev–Trinajstić information content (AvgIpc) is 3.97. The molecule has 0 saturated heterocycles. The normalized spacial score (nSPS) is 8.71. The van der Waals surface area contributed by atoms with Crippen molar-refractivity contribution in [2.24, 2.45) is 0 Å². The predicted octanol–water partition coefficient (Wildman–Crippen LogP) is 22.4. The van der Waals surface area contributed by atoms with Crippen molar-refractivity contribution < 1.29 is 0 Å². The zero-order valence-electron chi connectivity index (χ0n) is 72.1. The fourth-order valence-electron chi connectivity index (χ4n) is 7.47. The van der Waals surface area contributed by atoms with Crippen LogP contribution in [0.3, 0.4) is 0 Å². The molecule has 0 bridgehead atoms. The third-order valence-electron chi connectivity index (χ3n) is 13.8. The van der Waals surface area contributed by atoms with Gasteiger partial charge in [0.1, 0.15) is 49.1 Å². The molecule has 0 atom stereocenters. The van der Waals surface area contributed by atoms with Gasteiger partial charge in [-0.25, -0.2) is 64.8 Å². The Balaban J connectivity index is 0.000000632. The third-order valence-corrected chi connectivity index (χ3v) is 13.8. The summed E-state index contributed by atoms with van der Waals surface area (Å²) in [5.41, 5.74) is 16.9. The Morgan fingerprint density at radius 1 is 0.126 bits per heavy atom. The van der Waals surface area contributed by atoms with Gasteiger partial charge in [-0.05, 0) is 230 Å². The summed E-state index contributed by atoms with van der Waals surface area (Å²) in [4.78, 5) is 72.7. The Hall–Kier alpha value is -14.6. The summed E-state index contributed by atoms with van der Waals surface area (Å²) in [6.45, 7) is 33.9. The molecule has 19 heteroatoms. The van der Waals surface area contributed by atoms with Gasteiger partial charge in [-0.1, -0.05) is 204 Å². The topological polar surface area (TPSA) is 245 Å². The molecule has 0 aliphatic carbocycles. The van der Waals surface area contributed by atoms with Crippen molar-refractivity contribution in [1.29, 1.82) is 0 Å². The van der Waals surface area contributed by atoms with Crippen molar-refractivity contribution in [3.05, 3.63) is 500 Å². The van der Waals surface area contributed by atoms with Crippen molar-refractivity contribution in [3.63, 3.8) is 0 Å². The van der Waals surface area contributed by atoms with Gasteiger partial charge in [-0.15, -0.1) is 0 Å². The SMILES string of the molecule is Cc1ccccc1.Cc1ccccc1.Cc1ccccc1.Cc1ccccc1.Cc1ccccc1.Cc1ccccn1.Cc1ccccn1.Cc1cccnc1.Cc1cccnc1.Cc1ccncc1.Cc1ccncc1.Cc1ccncn1.Cc1cncnc1.Cc1cncnc1.Cc1ncccn1.Cc1ncccn1.Cc1ncncn1. The van der Waals surface area contributed by atoms with E-state index in [1.807, 2.05) is 277 Å². The van der Waals surface area contributed by atoms with Gasteiger partial charge in [0.25, 0.3) is 0 Å². The molecule has 19 nitrogen and oxygen atoms in total. The van der Waals surface area contributed by atoms with E-state index in [1.54, 1.807) is 117 Å². The molecule has 12 heterocycles. The molecule has 0 spiro atoms. The summed E-state index contributed by atoms with van der Waals surface area (Å²) in [5.74, 6) is 2.40. The van der Waals surface area contributed by atoms with Crippen molar-refractivity contribution >= 4 is 0 Å². The number of rotatable bonds is 0. The second-order valence-electron chi connectivity index (χ2n) is 25.3. The molecule has 0 amide bonds. The highest BCUT2D eigenvalue weighted by Crippen LogP contribution is 1.98. The quantitative estimate of drug-likeness (QED) is 0.137. The van der Waals surface area contributed by atoms with E-state index in [4.69, 9.17) is 0 Å². The van der Waals surface area contributed by atoms with Crippen LogP contribution in [-0.2, 0) is 0 Å². The largest absolute Gasteiger partial charge is 0.265 e. The molecule has 12 aromatic heterocycles. The standard InChI is InChI=1S/5C7H8.6C6H7N.5C5H6N2.C4H5N3/c5*1-7-5-3-2-4-6-7;2*1-6-2-4-7-5-3-6;2*1-6-3-2-4-7-5-6;2*1-6-4-2-3-5-7-6;2*1-5-2-6-4-7-3-5;1-5-2-3-6-4-7-5;2*1-5-6-3-2-4-7-5;1-4-6-2-5-3-7-4/h5*2-6H,1H3;6*2-5H,1H3;5*2-4H,1H3;2-3H,1H3. The molecule has 17 rings (SSSR count). The molecule has 0 unspecified atom stereocenters. The molecule has 17 aromatic rings. The summed E-state index contributed by atoms with van der Waals surface area (Å²) >= 11 is 0. The first kappa shape index (κ1) is 102. The van der Waals surface area contributed by atoms with E-state index in [0.29, 0.717) is 0 Å². The van der Waals surface area contributed by atoms with Crippen LogP contribution in [0.5, 0.6) is 0 Å². The van der Waals surface area contributed by atoms with Gasteiger partial charge in [-0.3, -0.25) is 29.9 Å². The van der Waals surface area contributed by atoms with Crippen LogP contribution >= 0.6 is 0 Å². The number of hydrogen-bond donors (Lipinski definition) is 0. The number of hydrogen-bond acceptors (Lipinski definition) is 19. The highest BCUT2D eigenvalue weighted by atomic mass is 15.0. The fourth-order valence-corrected chi connectivity index (χ4v) is 7.47. The van der Waals surface area contributed by atoms with Gasteiger partial charge in [0.15, 0.2) is 0 Å². The molecular weight excluding hydrogens is 1470 g/mol. The monoisotopic (exact) mass is 1580 g/mol. The zero-order valence-corrected chi connectivity index (χ0v) is 72.1. The van der Waals surface area contributed by atoms with E-state index in [1.165, 1.54) is 81.7 Å². The van der Waals surface area contributed by atoms with E-state index in [9.17, 15) is 0 Å². The van der Waals surface area contributed by atoms with Crippen LogP contribution in [0.15, 0.2) is 404 Å². The average molecular weight is 1590 g/mol. The first-order valence-corrected chi connectivity index (χ1v) is 38.2. The lowest BCUT2D eigenvalue weighted by Crippen LogP contribution is -1.84. The van der Waals surface area contributed by atoms with Gasteiger partial charge in [0.2, 0.25) is 0 Å². The highest BCUT2D eigenvalue weighted by Gasteiger charge is 1.84. The second kappa shape index (κ2) is 73.6. The smallest absolute Gasteiger partial charge is 0.128 e. The molecule has 612 valence electrons. The van der Waals surface area contributed by atoms with Crippen molar-refractivity contribution in [3.8, 4) is 0 Å². The minimum absolute atomic E-state index is 0.759. The van der Waals surface area contributed by atoms with E-state index < -0.39 is 0 Å². The van der Waals surface area contributed by atoms with Crippen LogP contribution < -0.4 is 0 Å². The summed E-state index contributed by atoms with van der Waals surface area (Å²) in [5, 5.41) is 0. The van der Waals surface area contributed by atoms with Gasteiger partial charge >= 0.3 is 0 Å². The predicted molar refractivity (Wildman–Crippen MR) is 488 cm³/mol. The fraction of sp³-hybridized carbons (Fsp3) is 0.170. The second-order valence-corrected chi connectivity index (χ2v) is 25.3. The Morgan fingerprint density at radius 2 is 0.370 bits per heavy atom. The molecule has 0 radical (unpaired) electrons. The lowest BCUT2D eigenvalue weighted by Gasteiger charge is -1.82. The Labute approximate surface area is 708 Å². The maximum Gasteiger partial charge on any atom is 0.128 e. The number of aryl methyl sites for hydroxylation is 17. The number of pyridine rings is 6. The van der Waals surface area contributed by atoms with Crippen molar-refractivity contribution in [2.75, 3.05) is 0 Å². The number of nitrogens with zero attached hydrogens (tertiary/aromatic N) is 19. The van der Waals surface area contributed by atoms with Crippen LogP contribution in [0, 0.1) is 118 Å². The van der Waals surface area contributed by atoms with E-state index >= 15 is 0 Å². The van der Waals surface area contributed by atoms with Crippen molar-refractivity contribution in [2.45, 2.75) is 118 Å². The van der Waals surface area contributed by atoms with E-state index in [0.717, 1.165) is 45.7 Å². The van der Waals surface area contributed by atoms with Gasteiger partial charge < -0.3 is 0 Å². The van der Waals surface area contributed by atoms with E-state index in [-0.39, 0.29) is 0 Å². The highest BCUT2D eigenvalue weighted by molar-refractivity contribution is 5.16. The minimum atomic E-state index is 0.759. The maximum atomic E-state index is 3.98. The maximum absolute atomic E-state index is 3.98. The summed E-state index contributed by atoms with van der Waals surface area (Å²) in [6.07, 6.45) is 41.2. The zero-order chi connectivity index (χ0) is 86.9. The van der Waals surface area contributed by atoms with Gasteiger partial charge in [0, 0.05) is 135 Å². The summed E-state index contributed by atoms with van der Waals surface area (Å²) < 4.78 is 0. The molecule has 0 saturated carbocycles. The van der Waals surface area contributed by atoms with Crippen LogP contribution in [-0.4, -0.2) is 94.7 Å². The Bertz CT molecular complexity index is 3590. The molecule has 0 fully saturated rings. The van der Waals surface area contributed by atoms with Crippen LogP contribution in [0.25, 0.3) is 0 Å².